The molecule has 0 radical (unpaired) electrons. The van der Waals surface area contributed by atoms with Gasteiger partial charge < -0.3 is 39.8 Å². The number of amides is 2. The standard InChI is InChI=1S/C35H39FN4O6/c1-19-22(21-14-27(36)25(31(15-21)44-5)16-37-29-12-13-45-18-30(29)41)8-6-9-23(19)24-10-7-11-28(20(24)2)38-32(42)26-17-39(3)34-35(46-34)40(4)33(26)43/h6-11,14-15,17,29-30,34-35,37,41H,12-13,16,18H2,1-5H3,(H,38,42)/t29-,30-,34?,35?/m0/s1. The SMILES string of the molecule is COc1cc(-c2cccc(-c3cccc(NC(=O)C4=CN(C)C5OC5N(C)C4=O)c3C)c2C)cc(F)c1CN[C@H]1CCOC[C@@H]1O. The molecule has 0 spiro atoms. The molecule has 0 saturated carbocycles. The third-order valence-electron chi connectivity index (χ3n) is 9.12. The van der Waals surface area contributed by atoms with Gasteiger partial charge in [-0.25, -0.2) is 4.39 Å². The van der Waals surface area contributed by atoms with Gasteiger partial charge in [-0.2, -0.15) is 0 Å². The molecule has 3 aromatic carbocycles. The minimum Gasteiger partial charge on any atom is -0.496 e. The molecule has 2 fully saturated rings. The lowest BCUT2D eigenvalue weighted by Gasteiger charge is -2.29. The smallest absolute Gasteiger partial charge is 0.262 e. The van der Waals surface area contributed by atoms with Crippen molar-refractivity contribution < 1.29 is 33.3 Å². The molecule has 0 aliphatic carbocycles. The van der Waals surface area contributed by atoms with Crippen LogP contribution in [0.15, 0.2) is 60.3 Å². The predicted molar refractivity (Wildman–Crippen MR) is 171 cm³/mol. The molecule has 3 heterocycles. The van der Waals surface area contributed by atoms with E-state index in [1.807, 2.05) is 50.2 Å². The van der Waals surface area contributed by atoms with Gasteiger partial charge in [-0.3, -0.25) is 9.59 Å². The first kappa shape index (κ1) is 31.7. The summed E-state index contributed by atoms with van der Waals surface area (Å²) < 4.78 is 32.0. The zero-order valence-electron chi connectivity index (χ0n) is 26.6. The van der Waals surface area contributed by atoms with Crippen LogP contribution in [0.3, 0.4) is 0 Å². The van der Waals surface area contributed by atoms with Gasteiger partial charge in [-0.15, -0.1) is 0 Å². The van der Waals surface area contributed by atoms with E-state index in [9.17, 15) is 14.7 Å². The van der Waals surface area contributed by atoms with Gasteiger partial charge in [0.2, 0.25) is 0 Å². The molecule has 6 rings (SSSR count). The topological polar surface area (TPSA) is 116 Å². The molecule has 4 atom stereocenters. The number of benzene rings is 3. The molecule has 3 aliphatic rings. The minimum absolute atomic E-state index is 0.0299. The average molecular weight is 631 g/mol. The van der Waals surface area contributed by atoms with Gasteiger partial charge in [0.15, 0.2) is 12.5 Å². The van der Waals surface area contributed by atoms with Crippen LogP contribution < -0.4 is 15.4 Å². The Morgan fingerprint density at radius 1 is 1.07 bits per heavy atom. The number of likely N-dealkylation sites (N-methyl/N-ethyl adjacent to an activating group) is 2. The van der Waals surface area contributed by atoms with Crippen LogP contribution in [0.1, 0.15) is 23.1 Å². The number of methoxy groups -OCH3 is 1. The van der Waals surface area contributed by atoms with Crippen LogP contribution in [0.25, 0.3) is 22.3 Å². The number of aliphatic hydroxyl groups is 1. The lowest BCUT2D eigenvalue weighted by atomic mass is 9.90. The number of epoxide rings is 1. The highest BCUT2D eigenvalue weighted by atomic mass is 19.1. The van der Waals surface area contributed by atoms with E-state index in [0.29, 0.717) is 35.6 Å². The number of ether oxygens (including phenoxy) is 3. The van der Waals surface area contributed by atoms with Gasteiger partial charge in [-0.1, -0.05) is 30.3 Å². The Hall–Kier alpha value is -4.29. The maximum Gasteiger partial charge on any atom is 0.262 e. The van der Waals surface area contributed by atoms with E-state index in [1.54, 1.807) is 25.1 Å². The highest BCUT2D eigenvalue weighted by Crippen LogP contribution is 2.38. The van der Waals surface area contributed by atoms with E-state index >= 15 is 4.39 Å². The third-order valence-corrected chi connectivity index (χ3v) is 9.12. The quantitative estimate of drug-likeness (QED) is 0.253. The number of hydrogen-bond donors (Lipinski definition) is 3. The molecule has 3 aromatic rings. The third kappa shape index (κ3) is 5.99. The maximum absolute atomic E-state index is 15.6. The van der Waals surface area contributed by atoms with Crippen molar-refractivity contribution in [2.24, 2.45) is 0 Å². The lowest BCUT2D eigenvalue weighted by Crippen LogP contribution is -2.46. The first-order chi connectivity index (χ1) is 22.1. The summed E-state index contributed by atoms with van der Waals surface area (Å²) in [7, 11) is 4.92. The van der Waals surface area contributed by atoms with Crippen LogP contribution in [0.4, 0.5) is 10.1 Å². The van der Waals surface area contributed by atoms with Crippen LogP contribution in [-0.4, -0.2) is 85.7 Å². The van der Waals surface area contributed by atoms with Gasteiger partial charge in [0, 0.05) is 50.7 Å². The van der Waals surface area contributed by atoms with Crippen LogP contribution >= 0.6 is 0 Å². The molecule has 2 amide bonds. The van der Waals surface area contributed by atoms with Crippen molar-refractivity contribution in [3.63, 3.8) is 0 Å². The normalized spacial score (nSPS) is 22.6. The molecule has 11 heteroatoms. The fraction of sp³-hybridized carbons (Fsp3) is 0.371. The summed E-state index contributed by atoms with van der Waals surface area (Å²) in [6.07, 6.45) is 0.893. The lowest BCUT2D eigenvalue weighted by molar-refractivity contribution is -0.129. The fourth-order valence-electron chi connectivity index (χ4n) is 6.28. The van der Waals surface area contributed by atoms with Crippen molar-refractivity contribution >= 4 is 17.5 Å². The average Bonchev–Trinajstić information content (AvgIpc) is 3.86. The Labute approximate surface area is 267 Å². The number of fused-ring (bicyclic) bond motifs is 1. The van der Waals surface area contributed by atoms with E-state index in [-0.39, 0.29) is 37.2 Å². The predicted octanol–water partition coefficient (Wildman–Crippen LogP) is 3.93. The molecule has 3 N–H and O–H groups in total. The van der Waals surface area contributed by atoms with Crippen molar-refractivity contribution in [3.8, 4) is 28.0 Å². The van der Waals surface area contributed by atoms with E-state index in [4.69, 9.17) is 14.2 Å². The number of aliphatic hydroxyl groups excluding tert-OH is 1. The zero-order chi connectivity index (χ0) is 32.7. The van der Waals surface area contributed by atoms with Gasteiger partial charge in [0.1, 0.15) is 17.1 Å². The van der Waals surface area contributed by atoms with Crippen LogP contribution in [0.5, 0.6) is 5.75 Å². The largest absolute Gasteiger partial charge is 0.496 e. The van der Waals surface area contributed by atoms with Crippen molar-refractivity contribution in [1.82, 2.24) is 15.1 Å². The van der Waals surface area contributed by atoms with E-state index < -0.39 is 23.7 Å². The summed E-state index contributed by atoms with van der Waals surface area (Å²) in [6.45, 7) is 4.90. The number of nitrogens with zero attached hydrogens (tertiary/aromatic N) is 2. The molecule has 2 saturated heterocycles. The molecule has 2 unspecified atom stereocenters. The second-order valence-electron chi connectivity index (χ2n) is 12.0. The Morgan fingerprint density at radius 2 is 1.78 bits per heavy atom. The van der Waals surface area contributed by atoms with Gasteiger partial charge >= 0.3 is 0 Å². The molecule has 46 heavy (non-hydrogen) atoms. The van der Waals surface area contributed by atoms with Gasteiger partial charge in [-0.05, 0) is 71.8 Å². The maximum atomic E-state index is 15.6. The Kier molecular flexibility index (Phi) is 8.84. The fourth-order valence-corrected chi connectivity index (χ4v) is 6.28. The molecule has 0 aromatic heterocycles. The summed E-state index contributed by atoms with van der Waals surface area (Å²) in [5, 5.41) is 16.4. The van der Waals surface area contributed by atoms with Gasteiger partial charge in [0.25, 0.3) is 11.8 Å². The number of carbonyl (C=O) groups is 2. The number of rotatable bonds is 8. The summed E-state index contributed by atoms with van der Waals surface area (Å²) in [5.41, 5.74) is 6.07. The van der Waals surface area contributed by atoms with E-state index in [0.717, 1.165) is 27.8 Å². The molecule has 0 bridgehead atoms. The van der Waals surface area contributed by atoms with E-state index in [2.05, 4.69) is 10.6 Å². The molecule has 3 aliphatic heterocycles. The van der Waals surface area contributed by atoms with Crippen molar-refractivity contribution in [3.05, 3.63) is 82.8 Å². The zero-order valence-corrected chi connectivity index (χ0v) is 26.6. The summed E-state index contributed by atoms with van der Waals surface area (Å²) in [6, 6.07) is 14.6. The van der Waals surface area contributed by atoms with E-state index in [1.165, 1.54) is 24.3 Å². The minimum atomic E-state index is -0.650. The Bertz CT molecular complexity index is 1710. The monoisotopic (exact) mass is 630 g/mol. The van der Waals surface area contributed by atoms with Crippen LogP contribution in [0, 0.1) is 19.7 Å². The summed E-state index contributed by atoms with van der Waals surface area (Å²) in [4.78, 5) is 29.5. The number of hydrogen-bond acceptors (Lipinski definition) is 8. The highest BCUT2D eigenvalue weighted by Gasteiger charge is 2.50. The summed E-state index contributed by atoms with van der Waals surface area (Å²) in [5.74, 6) is -0.898. The van der Waals surface area contributed by atoms with Crippen molar-refractivity contribution in [1.29, 1.82) is 0 Å². The number of halogens is 1. The molecule has 10 nitrogen and oxygen atoms in total. The first-order valence-electron chi connectivity index (χ1n) is 15.3. The molecular weight excluding hydrogens is 591 g/mol. The number of carbonyl (C=O) groups excluding carboxylic acids is 2. The molecule has 242 valence electrons. The molecular formula is C35H39FN4O6. The second kappa shape index (κ2) is 12.8. The van der Waals surface area contributed by atoms with Crippen LogP contribution in [0.2, 0.25) is 0 Å². The Balaban J connectivity index is 1.26. The van der Waals surface area contributed by atoms with Gasteiger partial charge in [0.05, 0.1) is 19.8 Å². The summed E-state index contributed by atoms with van der Waals surface area (Å²) >= 11 is 0. The van der Waals surface area contributed by atoms with Crippen molar-refractivity contribution in [2.45, 2.75) is 51.4 Å². The number of nitrogens with one attached hydrogen (secondary N) is 2. The Morgan fingerprint density at radius 3 is 2.52 bits per heavy atom. The highest BCUT2D eigenvalue weighted by molar-refractivity contribution is 6.23. The van der Waals surface area contributed by atoms with Crippen LogP contribution in [-0.2, 0) is 25.6 Å². The second-order valence-corrected chi connectivity index (χ2v) is 12.0. The first-order valence-corrected chi connectivity index (χ1v) is 15.3. The van der Waals surface area contributed by atoms with Crippen molar-refractivity contribution in [2.75, 3.05) is 39.7 Å². The number of anilines is 1.